The van der Waals surface area contributed by atoms with E-state index < -0.39 is 23.4 Å². The number of aldehydes is 1. The normalized spacial score (nSPS) is 10.7. The molecule has 16 heteroatoms. The zero-order valence-electron chi connectivity index (χ0n) is 41.4. The molecule has 366 valence electrons. The maximum absolute atomic E-state index is 13.1. The van der Waals surface area contributed by atoms with E-state index in [0.717, 1.165) is 11.1 Å². The maximum Gasteiger partial charge on any atom is 0.415 e. The number of hydrogen-bond acceptors (Lipinski definition) is 12. The van der Waals surface area contributed by atoms with Crippen LogP contribution in [0.1, 0.15) is 102 Å². The molecule has 2 aromatic heterocycles. The molecule has 6 rings (SSSR count). The molecule has 0 aliphatic carbocycles. The quantitative estimate of drug-likeness (QED) is 0.0802. The number of rotatable bonds is 14. The molecule has 2 amide bonds. The van der Waals surface area contributed by atoms with E-state index >= 15 is 0 Å². The number of benzene rings is 4. The van der Waals surface area contributed by atoms with Crippen molar-refractivity contribution in [2.24, 2.45) is 0 Å². The Labute approximate surface area is 419 Å². The highest BCUT2D eigenvalue weighted by molar-refractivity contribution is 5.90. The fraction of sp³-hybridized carbons (Fsp3) is 0.268. The van der Waals surface area contributed by atoms with Crippen LogP contribution in [0.2, 0.25) is 0 Å². The SMILES string of the molecule is [C-]#[N+]c1ccc(COc2c(C)ncc(CN(C(=O)OC(C)(C)C)c3ccc(C#N)cc3)c2C=O)cc1.[C-]#[N+]c1ccc(COc2c(C)ncc(CN(C(=O)OC(C)(C)C)c3ccc(C#N)cc3)c2CO)cc1. The van der Waals surface area contributed by atoms with Gasteiger partial charge in [-0.1, -0.05) is 48.5 Å². The largest absolute Gasteiger partial charge is 0.487 e. The highest BCUT2D eigenvalue weighted by atomic mass is 16.6. The van der Waals surface area contributed by atoms with Crippen molar-refractivity contribution in [3.8, 4) is 23.6 Å². The average Bonchev–Trinajstić information content (AvgIpc) is 3.36. The van der Waals surface area contributed by atoms with Crippen LogP contribution < -0.4 is 19.3 Å². The van der Waals surface area contributed by atoms with Gasteiger partial charge in [-0.2, -0.15) is 10.5 Å². The lowest BCUT2D eigenvalue weighted by Gasteiger charge is -2.28. The lowest BCUT2D eigenvalue weighted by molar-refractivity contribution is 0.0566. The molecule has 0 spiro atoms. The fourth-order valence-corrected chi connectivity index (χ4v) is 6.83. The van der Waals surface area contributed by atoms with Crippen LogP contribution in [-0.2, 0) is 42.4 Å². The number of amides is 2. The summed E-state index contributed by atoms with van der Waals surface area (Å²) in [4.78, 5) is 56.8. The van der Waals surface area contributed by atoms with E-state index in [1.54, 1.807) is 147 Å². The van der Waals surface area contributed by atoms with Gasteiger partial charge in [0.15, 0.2) is 23.4 Å². The minimum atomic E-state index is -0.738. The van der Waals surface area contributed by atoms with Crippen molar-refractivity contribution in [1.29, 1.82) is 10.5 Å². The third-order valence-corrected chi connectivity index (χ3v) is 10.4. The van der Waals surface area contributed by atoms with Crippen LogP contribution in [-0.4, -0.2) is 44.7 Å². The summed E-state index contributed by atoms with van der Waals surface area (Å²) in [6.45, 7) is 28.5. The molecule has 0 saturated heterocycles. The van der Waals surface area contributed by atoms with Crippen molar-refractivity contribution in [1.82, 2.24) is 9.97 Å². The van der Waals surface area contributed by atoms with Gasteiger partial charge in [0.1, 0.15) is 30.2 Å². The Hall–Kier alpha value is -9.09. The third kappa shape index (κ3) is 15.0. The summed E-state index contributed by atoms with van der Waals surface area (Å²) < 4.78 is 23.2. The standard InChI is InChI=1S/C28H28N4O4.C28H26N4O4/c2*1-19-26(35-18-21-6-10-23(30-5)11-7-21)25(17-33)22(15-31-19)16-32(27(34)36-28(2,3)4)24-12-8-20(14-29)9-13-24/h6-13,15,33H,16-18H2,1-4H3;6-13,15,17H,16,18H2,1-4H3. The molecule has 0 aliphatic heterocycles. The summed E-state index contributed by atoms with van der Waals surface area (Å²) >= 11 is 0. The van der Waals surface area contributed by atoms with Gasteiger partial charge >= 0.3 is 12.2 Å². The summed E-state index contributed by atoms with van der Waals surface area (Å²) in [6, 6.07) is 31.3. The molecule has 16 nitrogen and oxygen atoms in total. The number of aliphatic hydroxyl groups excluding tert-OH is 1. The Bertz CT molecular complexity index is 3040. The summed E-state index contributed by atoms with van der Waals surface area (Å²) in [5.74, 6) is 0.758. The molecule has 0 fully saturated rings. The van der Waals surface area contributed by atoms with Gasteiger partial charge < -0.3 is 24.1 Å². The Kier molecular flexibility index (Phi) is 18.3. The number of pyridine rings is 2. The third-order valence-electron chi connectivity index (χ3n) is 10.4. The molecular formula is C56H54N8O8. The van der Waals surface area contributed by atoms with E-state index in [1.807, 2.05) is 12.1 Å². The van der Waals surface area contributed by atoms with Crippen LogP contribution in [0.4, 0.5) is 32.3 Å². The van der Waals surface area contributed by atoms with Gasteiger partial charge in [-0.25, -0.2) is 19.3 Å². The minimum Gasteiger partial charge on any atom is -0.487 e. The second-order valence-electron chi connectivity index (χ2n) is 18.1. The van der Waals surface area contributed by atoms with E-state index in [-0.39, 0.29) is 38.5 Å². The number of aryl methyl sites for hydroxylation is 2. The van der Waals surface area contributed by atoms with Gasteiger partial charge in [-0.3, -0.25) is 24.6 Å². The highest BCUT2D eigenvalue weighted by Crippen LogP contribution is 2.32. The number of ether oxygens (including phenoxy) is 4. The summed E-state index contributed by atoms with van der Waals surface area (Å²) in [6.07, 6.45) is 2.66. The molecule has 6 aromatic rings. The van der Waals surface area contributed by atoms with Crippen LogP contribution in [0.5, 0.6) is 11.5 Å². The van der Waals surface area contributed by atoms with Crippen molar-refractivity contribution in [2.45, 2.75) is 99.5 Å². The first kappa shape index (κ1) is 53.9. The molecule has 1 N–H and O–H groups in total. The number of anilines is 2. The van der Waals surface area contributed by atoms with Gasteiger partial charge in [0.2, 0.25) is 0 Å². The molecule has 0 bridgehead atoms. The molecule has 72 heavy (non-hydrogen) atoms. The van der Waals surface area contributed by atoms with E-state index in [4.69, 9.17) is 42.6 Å². The topological polar surface area (TPSA) is 197 Å². The van der Waals surface area contributed by atoms with Gasteiger partial charge in [-0.05, 0) is 121 Å². The number of aliphatic hydroxyl groups is 1. The second-order valence-corrected chi connectivity index (χ2v) is 18.1. The molecule has 2 heterocycles. The Balaban J connectivity index is 0.000000267. The van der Waals surface area contributed by atoms with E-state index in [0.29, 0.717) is 79.7 Å². The van der Waals surface area contributed by atoms with Crippen molar-refractivity contribution in [3.63, 3.8) is 0 Å². The molecule has 0 aliphatic rings. The Morgan fingerprint density at radius 1 is 0.639 bits per heavy atom. The zero-order valence-corrected chi connectivity index (χ0v) is 41.4. The van der Waals surface area contributed by atoms with Gasteiger partial charge in [0.05, 0.1) is 73.1 Å². The monoisotopic (exact) mass is 966 g/mol. The number of hydrogen-bond donors (Lipinski definition) is 1. The van der Waals surface area contributed by atoms with Crippen molar-refractivity contribution >= 4 is 41.2 Å². The predicted octanol–water partition coefficient (Wildman–Crippen LogP) is 12.0. The lowest BCUT2D eigenvalue weighted by atomic mass is 10.1. The number of carbonyl (C=O) groups is 3. The average molecular weight is 967 g/mol. The Morgan fingerprint density at radius 2 is 1.03 bits per heavy atom. The molecule has 4 aromatic carbocycles. The molecule has 0 saturated carbocycles. The summed E-state index contributed by atoms with van der Waals surface area (Å²) in [7, 11) is 0. The Morgan fingerprint density at radius 3 is 1.40 bits per heavy atom. The smallest absolute Gasteiger partial charge is 0.415 e. The van der Waals surface area contributed by atoms with E-state index in [2.05, 4.69) is 31.8 Å². The summed E-state index contributed by atoms with van der Waals surface area (Å²) in [5.41, 5.74) is 6.26. The van der Waals surface area contributed by atoms with Gasteiger partial charge in [0.25, 0.3) is 0 Å². The zero-order chi connectivity index (χ0) is 52.6. The van der Waals surface area contributed by atoms with Crippen molar-refractivity contribution in [2.75, 3.05) is 9.80 Å². The predicted molar refractivity (Wildman–Crippen MR) is 270 cm³/mol. The minimum absolute atomic E-state index is 0.00176. The molecule has 0 radical (unpaired) electrons. The molecule has 0 unspecified atom stereocenters. The van der Waals surface area contributed by atoms with Crippen molar-refractivity contribution < 1.29 is 38.4 Å². The number of nitriles is 2. The van der Waals surface area contributed by atoms with Gasteiger partial charge in [0, 0.05) is 34.9 Å². The lowest BCUT2D eigenvalue weighted by Crippen LogP contribution is -2.36. The first-order valence-corrected chi connectivity index (χ1v) is 22.5. The summed E-state index contributed by atoms with van der Waals surface area (Å²) in [5, 5.41) is 28.5. The number of nitrogens with zero attached hydrogens (tertiary/aromatic N) is 8. The molecule has 0 atom stereocenters. The molecular weight excluding hydrogens is 913 g/mol. The first-order chi connectivity index (χ1) is 34.3. The van der Waals surface area contributed by atoms with Gasteiger partial charge in [-0.15, -0.1) is 0 Å². The number of carbonyl (C=O) groups excluding carboxylic acids is 3. The van der Waals surface area contributed by atoms with Crippen molar-refractivity contribution in [3.05, 3.63) is 188 Å². The van der Waals surface area contributed by atoms with E-state index in [9.17, 15) is 19.5 Å². The van der Waals surface area contributed by atoms with Crippen LogP contribution in [0.15, 0.2) is 109 Å². The van der Waals surface area contributed by atoms with E-state index in [1.165, 1.54) is 16.0 Å². The highest BCUT2D eigenvalue weighted by Gasteiger charge is 2.28. The van der Waals surface area contributed by atoms with Crippen LogP contribution in [0.25, 0.3) is 9.69 Å². The second kappa shape index (κ2) is 24.5. The maximum atomic E-state index is 13.1. The van der Waals surface area contributed by atoms with Crippen LogP contribution in [0.3, 0.4) is 0 Å². The fourth-order valence-electron chi connectivity index (χ4n) is 6.83. The number of aromatic nitrogens is 2. The van der Waals surface area contributed by atoms with Crippen LogP contribution in [0, 0.1) is 49.7 Å². The first-order valence-electron chi connectivity index (χ1n) is 22.5. The van der Waals surface area contributed by atoms with Crippen LogP contribution >= 0.6 is 0 Å².